The van der Waals surface area contributed by atoms with E-state index < -0.39 is 0 Å². The molecule has 0 unspecified atom stereocenters. The number of thioether (sulfide) groups is 2. The van der Waals surface area contributed by atoms with Crippen LogP contribution in [-0.2, 0) is 11.2 Å². The zero-order valence-corrected chi connectivity index (χ0v) is 27.8. The molecule has 2 heterocycles. The van der Waals surface area contributed by atoms with Crippen molar-refractivity contribution in [3.8, 4) is 0 Å². The highest BCUT2D eigenvalue weighted by Gasteiger charge is 2.33. The standard InChI is InChI=1S/C38H36N2OS3/c1-27-17-19-33-32(22-27)39(21-11-10-14-28-12-6-4-7-13-28)35(43-33)24-30-23-29(25-38(2,3)26-30)18-20-34-36(41)40(37(42)44-34)31-15-8-5-9-16-31/h4-13,15-20,22-24H,14,21,25-26H2,1-3H3/b11-10?,29-18-,34-20+,35-24-. The summed E-state index contributed by atoms with van der Waals surface area (Å²) in [5, 5.41) is 1.25. The third kappa shape index (κ3) is 7.04. The van der Waals surface area contributed by atoms with Crippen molar-refractivity contribution in [3.63, 3.8) is 0 Å². The molecule has 0 aromatic heterocycles. The fourth-order valence-corrected chi connectivity index (χ4v) is 8.22. The molecule has 222 valence electrons. The predicted molar refractivity (Wildman–Crippen MR) is 193 cm³/mol. The number of amides is 1. The summed E-state index contributed by atoms with van der Waals surface area (Å²) in [6.45, 7) is 7.63. The van der Waals surface area contributed by atoms with Crippen molar-refractivity contribution in [1.82, 2.24) is 0 Å². The average molecular weight is 633 g/mol. The number of hydrogen-bond donors (Lipinski definition) is 0. The van der Waals surface area contributed by atoms with Gasteiger partial charge in [0.2, 0.25) is 0 Å². The molecule has 0 N–H and O–H groups in total. The molecule has 0 bridgehead atoms. The van der Waals surface area contributed by atoms with Crippen molar-refractivity contribution in [3.05, 3.63) is 148 Å². The molecule has 44 heavy (non-hydrogen) atoms. The van der Waals surface area contributed by atoms with E-state index in [9.17, 15) is 4.79 Å². The number of hydrogen-bond acceptors (Lipinski definition) is 5. The molecule has 0 saturated carbocycles. The summed E-state index contributed by atoms with van der Waals surface area (Å²) in [6, 6.07) is 27.0. The van der Waals surface area contributed by atoms with Crippen LogP contribution in [0.1, 0.15) is 37.8 Å². The van der Waals surface area contributed by atoms with Crippen molar-refractivity contribution < 1.29 is 4.79 Å². The summed E-state index contributed by atoms with van der Waals surface area (Å²) < 4.78 is 0.571. The largest absolute Gasteiger partial charge is 0.331 e. The molecule has 3 nitrogen and oxygen atoms in total. The van der Waals surface area contributed by atoms with Crippen molar-refractivity contribution in [2.24, 2.45) is 5.41 Å². The van der Waals surface area contributed by atoms with Crippen molar-refractivity contribution in [2.75, 3.05) is 16.3 Å². The zero-order valence-electron chi connectivity index (χ0n) is 25.3. The number of allylic oxidation sites excluding steroid dienone is 7. The fourth-order valence-electron chi connectivity index (χ4n) is 5.85. The van der Waals surface area contributed by atoms with Crippen molar-refractivity contribution >= 4 is 57.3 Å². The van der Waals surface area contributed by atoms with Crippen LogP contribution in [0.25, 0.3) is 0 Å². The van der Waals surface area contributed by atoms with Crippen LogP contribution in [0.15, 0.2) is 141 Å². The van der Waals surface area contributed by atoms with E-state index in [1.807, 2.05) is 48.2 Å². The van der Waals surface area contributed by atoms with Gasteiger partial charge in [0.15, 0.2) is 4.32 Å². The summed E-state index contributed by atoms with van der Waals surface area (Å²) in [4.78, 5) is 19.3. The van der Waals surface area contributed by atoms with Gasteiger partial charge in [-0.25, -0.2) is 0 Å². The number of aryl methyl sites for hydroxylation is 1. The second kappa shape index (κ2) is 13.2. The summed E-state index contributed by atoms with van der Waals surface area (Å²) in [5.41, 5.74) is 7.32. The number of carbonyl (C=O) groups is 1. The molecule has 1 saturated heterocycles. The van der Waals surface area contributed by atoms with Crippen molar-refractivity contribution in [2.45, 2.75) is 44.9 Å². The third-order valence-corrected chi connectivity index (χ3v) is 10.3. The average Bonchev–Trinajstić information content (AvgIpc) is 3.48. The highest BCUT2D eigenvalue weighted by atomic mass is 32.2. The normalized spacial score (nSPS) is 20.8. The number of nitrogens with zero attached hydrogens (tertiary/aromatic N) is 2. The van der Waals surface area contributed by atoms with E-state index in [0.29, 0.717) is 9.23 Å². The number of rotatable bonds is 7. The van der Waals surface area contributed by atoms with Crippen LogP contribution < -0.4 is 9.80 Å². The lowest BCUT2D eigenvalue weighted by molar-refractivity contribution is -0.113. The number of anilines is 2. The van der Waals surface area contributed by atoms with Crippen LogP contribution in [-0.4, -0.2) is 16.8 Å². The van der Waals surface area contributed by atoms with Gasteiger partial charge in [-0.2, -0.15) is 0 Å². The minimum Gasteiger partial charge on any atom is -0.331 e. The lowest BCUT2D eigenvalue weighted by atomic mass is 9.75. The minimum absolute atomic E-state index is 0.0594. The summed E-state index contributed by atoms with van der Waals surface area (Å²) in [5.74, 6) is -0.0594. The molecule has 3 aromatic carbocycles. The van der Waals surface area contributed by atoms with E-state index in [0.717, 1.165) is 31.5 Å². The highest BCUT2D eigenvalue weighted by molar-refractivity contribution is 8.27. The first-order valence-electron chi connectivity index (χ1n) is 15.0. The van der Waals surface area contributed by atoms with Gasteiger partial charge in [-0.15, -0.1) is 0 Å². The van der Waals surface area contributed by atoms with Gasteiger partial charge in [0.25, 0.3) is 5.91 Å². The molecule has 0 atom stereocenters. The second-order valence-corrected chi connectivity index (χ2v) is 14.9. The monoisotopic (exact) mass is 632 g/mol. The number of carbonyl (C=O) groups excluding carboxylic acids is 1. The Bertz CT molecular complexity index is 1730. The maximum Gasteiger partial charge on any atom is 0.270 e. The van der Waals surface area contributed by atoms with Gasteiger partial charge >= 0.3 is 0 Å². The van der Waals surface area contributed by atoms with E-state index in [4.69, 9.17) is 12.2 Å². The van der Waals surface area contributed by atoms with E-state index in [1.165, 1.54) is 49.6 Å². The first-order chi connectivity index (χ1) is 21.3. The number of fused-ring (bicyclic) bond motifs is 1. The van der Waals surface area contributed by atoms with Crippen molar-refractivity contribution in [1.29, 1.82) is 0 Å². The molecule has 1 aliphatic carbocycles. The van der Waals surface area contributed by atoms with Crippen LogP contribution in [0.2, 0.25) is 0 Å². The number of para-hydroxylation sites is 1. The molecule has 0 spiro atoms. The molecule has 3 aromatic rings. The highest BCUT2D eigenvalue weighted by Crippen LogP contribution is 2.48. The molecule has 1 fully saturated rings. The molecule has 6 heteroatoms. The van der Waals surface area contributed by atoms with Crippen LogP contribution >= 0.6 is 35.7 Å². The maximum absolute atomic E-state index is 13.2. The van der Waals surface area contributed by atoms with Gasteiger partial charge < -0.3 is 4.90 Å². The molecular formula is C38H36N2OS3. The Morgan fingerprint density at radius 3 is 2.43 bits per heavy atom. The predicted octanol–water partition coefficient (Wildman–Crippen LogP) is 10.2. The van der Waals surface area contributed by atoms with Crippen LogP contribution in [0.3, 0.4) is 0 Å². The first kappa shape index (κ1) is 30.4. The van der Waals surface area contributed by atoms with E-state index in [2.05, 4.69) is 105 Å². The van der Waals surface area contributed by atoms with E-state index >= 15 is 0 Å². The van der Waals surface area contributed by atoms with Crippen LogP contribution in [0.5, 0.6) is 0 Å². The second-order valence-electron chi connectivity index (χ2n) is 12.2. The molecular weight excluding hydrogens is 597 g/mol. The quantitative estimate of drug-likeness (QED) is 0.147. The van der Waals surface area contributed by atoms with E-state index in [1.54, 1.807) is 4.90 Å². The Morgan fingerprint density at radius 1 is 0.909 bits per heavy atom. The Hall–Kier alpha value is -3.58. The van der Waals surface area contributed by atoms with Gasteiger partial charge in [0, 0.05) is 11.4 Å². The molecule has 3 aliphatic rings. The fraction of sp³-hybridized carbons (Fsp3) is 0.211. The van der Waals surface area contributed by atoms with Gasteiger partial charge in [-0.1, -0.05) is 128 Å². The first-order valence-corrected chi connectivity index (χ1v) is 17.0. The van der Waals surface area contributed by atoms with Gasteiger partial charge in [0.05, 0.1) is 21.3 Å². The van der Waals surface area contributed by atoms with Crippen LogP contribution in [0, 0.1) is 12.3 Å². The SMILES string of the molecule is Cc1ccc2c(c1)N(CC=CCc1ccccc1)/C(=C/C1=CC(=C/C=C3/SC(=S)N(c4ccccc4)C3=O)/CC(C)(C)C1)S2. The smallest absolute Gasteiger partial charge is 0.270 e. The zero-order chi connectivity index (χ0) is 30.7. The van der Waals surface area contributed by atoms with E-state index in [-0.39, 0.29) is 11.3 Å². The lowest BCUT2D eigenvalue weighted by Crippen LogP contribution is -2.27. The number of benzene rings is 3. The molecule has 6 rings (SSSR count). The van der Waals surface area contributed by atoms with Crippen LogP contribution in [0.4, 0.5) is 11.4 Å². The minimum atomic E-state index is -0.0594. The molecule has 2 aliphatic heterocycles. The van der Waals surface area contributed by atoms with Gasteiger partial charge in [0.1, 0.15) is 0 Å². The lowest BCUT2D eigenvalue weighted by Gasteiger charge is -2.31. The topological polar surface area (TPSA) is 23.6 Å². The Balaban J connectivity index is 1.25. The Labute approximate surface area is 275 Å². The number of thiocarbonyl (C=S) groups is 1. The summed E-state index contributed by atoms with van der Waals surface area (Å²) in [6.07, 6.45) is 16.2. The maximum atomic E-state index is 13.2. The van der Waals surface area contributed by atoms with Gasteiger partial charge in [-0.05, 0) is 90.3 Å². The molecule has 0 radical (unpaired) electrons. The summed E-state index contributed by atoms with van der Waals surface area (Å²) in [7, 11) is 0. The molecule has 1 amide bonds. The Kier molecular flexibility index (Phi) is 9.13. The third-order valence-electron chi connectivity index (χ3n) is 7.84. The summed E-state index contributed by atoms with van der Waals surface area (Å²) >= 11 is 8.79. The Morgan fingerprint density at radius 2 is 1.66 bits per heavy atom. The van der Waals surface area contributed by atoms with Gasteiger partial charge in [-0.3, -0.25) is 9.69 Å².